The summed E-state index contributed by atoms with van der Waals surface area (Å²) < 4.78 is 5.97. The van der Waals surface area contributed by atoms with Crippen LogP contribution in [0.15, 0.2) is 127 Å². The molecule has 0 aliphatic heterocycles. The van der Waals surface area contributed by atoms with Crippen LogP contribution in [0.1, 0.15) is 64.8 Å². The van der Waals surface area contributed by atoms with Crippen LogP contribution in [-0.4, -0.2) is 11.1 Å². The van der Waals surface area contributed by atoms with Crippen LogP contribution in [0.4, 0.5) is 0 Å². The van der Waals surface area contributed by atoms with E-state index in [1.165, 1.54) is 24.8 Å². The van der Waals surface area contributed by atoms with E-state index in [-0.39, 0.29) is 11.9 Å². The monoisotopic (exact) mass is 584 g/mol. The summed E-state index contributed by atoms with van der Waals surface area (Å²) in [5.74, 6) is 1.40. The summed E-state index contributed by atoms with van der Waals surface area (Å²) in [5.41, 5.74) is 9.65. The SMILES string of the molecule is CCCCCc1ccc(CNC(=O)c2ccc(-c3ccc(CC(NO)c4cccc(Oc5ccccc5)c4)cc3)cc2)cc1. The van der Waals surface area contributed by atoms with E-state index in [1.807, 2.05) is 78.9 Å². The lowest BCUT2D eigenvalue weighted by molar-refractivity contribution is 0.0951. The Labute approximate surface area is 260 Å². The van der Waals surface area contributed by atoms with Crippen LogP contribution in [-0.2, 0) is 19.4 Å². The summed E-state index contributed by atoms with van der Waals surface area (Å²) in [4.78, 5) is 12.8. The number of carbonyl (C=O) groups is 1. The second-order valence-electron chi connectivity index (χ2n) is 11.1. The van der Waals surface area contributed by atoms with Crippen molar-refractivity contribution in [2.45, 2.75) is 51.6 Å². The minimum Gasteiger partial charge on any atom is -0.457 e. The molecule has 1 atom stereocenters. The van der Waals surface area contributed by atoms with Gasteiger partial charge in [0.1, 0.15) is 11.5 Å². The van der Waals surface area contributed by atoms with Crippen LogP contribution < -0.4 is 15.5 Å². The summed E-state index contributed by atoms with van der Waals surface area (Å²) in [6.07, 6.45) is 5.41. The molecule has 5 heteroatoms. The van der Waals surface area contributed by atoms with E-state index < -0.39 is 0 Å². The third kappa shape index (κ3) is 8.66. The maximum Gasteiger partial charge on any atom is 0.251 e. The number of amides is 1. The number of benzene rings is 5. The molecule has 224 valence electrons. The van der Waals surface area contributed by atoms with Gasteiger partial charge in [-0.15, -0.1) is 0 Å². The smallest absolute Gasteiger partial charge is 0.251 e. The largest absolute Gasteiger partial charge is 0.457 e. The number of carbonyl (C=O) groups excluding carboxylic acids is 1. The number of hydrogen-bond donors (Lipinski definition) is 3. The van der Waals surface area contributed by atoms with Crippen molar-refractivity contribution in [2.75, 3.05) is 0 Å². The number of hydroxylamine groups is 1. The minimum atomic E-state index is -0.290. The second-order valence-corrected chi connectivity index (χ2v) is 11.1. The van der Waals surface area contributed by atoms with Gasteiger partial charge in [0, 0.05) is 12.1 Å². The fraction of sp³-hybridized carbons (Fsp3) is 0.205. The first-order chi connectivity index (χ1) is 21.6. The Morgan fingerprint density at radius 1 is 0.705 bits per heavy atom. The molecule has 0 spiro atoms. The van der Waals surface area contributed by atoms with Gasteiger partial charge in [0.05, 0.1) is 6.04 Å². The summed E-state index contributed by atoms with van der Waals surface area (Å²) in [5, 5.41) is 13.0. The van der Waals surface area contributed by atoms with Crippen LogP contribution in [0.5, 0.6) is 11.5 Å². The summed E-state index contributed by atoms with van der Waals surface area (Å²) in [6.45, 7) is 2.72. The fourth-order valence-corrected chi connectivity index (χ4v) is 5.23. The highest BCUT2D eigenvalue weighted by Gasteiger charge is 2.13. The van der Waals surface area contributed by atoms with Crippen LogP contribution in [0, 0.1) is 0 Å². The Morgan fingerprint density at radius 3 is 2.02 bits per heavy atom. The van der Waals surface area contributed by atoms with E-state index in [0.29, 0.717) is 24.3 Å². The van der Waals surface area contributed by atoms with E-state index >= 15 is 0 Å². The van der Waals surface area contributed by atoms with Gasteiger partial charge in [-0.1, -0.05) is 111 Å². The van der Waals surface area contributed by atoms with Gasteiger partial charge in [-0.3, -0.25) is 4.79 Å². The molecule has 5 nitrogen and oxygen atoms in total. The zero-order chi connectivity index (χ0) is 30.6. The van der Waals surface area contributed by atoms with Gasteiger partial charge in [-0.05, 0) is 89.0 Å². The van der Waals surface area contributed by atoms with Crippen molar-refractivity contribution >= 4 is 5.91 Å². The summed E-state index contributed by atoms with van der Waals surface area (Å²) in [7, 11) is 0. The molecular weight excluding hydrogens is 544 g/mol. The summed E-state index contributed by atoms with van der Waals surface area (Å²) >= 11 is 0. The van der Waals surface area contributed by atoms with Gasteiger partial charge < -0.3 is 15.3 Å². The van der Waals surface area contributed by atoms with E-state index in [0.717, 1.165) is 40.0 Å². The average molecular weight is 585 g/mol. The molecule has 0 aliphatic carbocycles. The molecular formula is C39H40N2O3. The Kier molecular flexibility index (Phi) is 10.9. The number of ether oxygens (including phenoxy) is 1. The maximum absolute atomic E-state index is 12.8. The lowest BCUT2D eigenvalue weighted by Gasteiger charge is -2.17. The molecule has 0 saturated heterocycles. The molecule has 0 bridgehead atoms. The summed E-state index contributed by atoms with van der Waals surface area (Å²) in [6, 6.07) is 41.6. The molecule has 3 N–H and O–H groups in total. The molecule has 1 amide bonds. The van der Waals surface area contributed by atoms with Gasteiger partial charge in [0.15, 0.2) is 0 Å². The van der Waals surface area contributed by atoms with Gasteiger partial charge in [-0.25, -0.2) is 0 Å². The van der Waals surface area contributed by atoms with Crippen molar-refractivity contribution in [3.05, 3.63) is 155 Å². The molecule has 1 unspecified atom stereocenters. The van der Waals surface area contributed by atoms with Gasteiger partial charge >= 0.3 is 0 Å². The molecule has 5 aromatic rings. The molecule has 0 aliphatic rings. The van der Waals surface area contributed by atoms with Crippen molar-refractivity contribution in [1.29, 1.82) is 0 Å². The highest BCUT2D eigenvalue weighted by Crippen LogP contribution is 2.27. The van der Waals surface area contributed by atoms with Crippen LogP contribution in [0.2, 0.25) is 0 Å². The minimum absolute atomic E-state index is 0.0836. The molecule has 0 heterocycles. The van der Waals surface area contributed by atoms with E-state index in [2.05, 4.69) is 66.3 Å². The standard InChI is InChI=1S/C39H40N2O3/c1-2-3-5-9-29-14-16-31(17-15-29)28-40-39(42)34-24-22-33(23-25-34)32-20-18-30(19-21-32)26-38(41-43)35-10-8-13-37(27-35)44-36-11-6-4-7-12-36/h4,6-8,10-25,27,38,41,43H,2-3,5,9,26,28H2,1H3,(H,40,42). The zero-order valence-electron chi connectivity index (χ0n) is 25.2. The van der Waals surface area contributed by atoms with Crippen molar-refractivity contribution < 1.29 is 14.7 Å². The number of hydrogen-bond acceptors (Lipinski definition) is 4. The predicted octanol–water partition coefficient (Wildman–Crippen LogP) is 9.07. The van der Waals surface area contributed by atoms with Crippen LogP contribution >= 0.6 is 0 Å². The van der Waals surface area contributed by atoms with Crippen molar-refractivity contribution in [3.8, 4) is 22.6 Å². The first-order valence-electron chi connectivity index (χ1n) is 15.4. The third-order valence-electron chi connectivity index (χ3n) is 7.81. The van der Waals surface area contributed by atoms with Gasteiger partial charge in [-0.2, -0.15) is 5.48 Å². The predicted molar refractivity (Wildman–Crippen MR) is 177 cm³/mol. The average Bonchev–Trinajstić information content (AvgIpc) is 3.08. The Bertz CT molecular complexity index is 1600. The van der Waals surface area contributed by atoms with Crippen LogP contribution in [0.25, 0.3) is 11.1 Å². The molecule has 5 rings (SSSR count). The molecule has 0 fully saturated rings. The first-order valence-corrected chi connectivity index (χ1v) is 15.4. The van der Waals surface area contributed by atoms with Crippen molar-refractivity contribution in [2.24, 2.45) is 0 Å². The van der Waals surface area contributed by atoms with E-state index in [1.54, 1.807) is 0 Å². The number of nitrogens with one attached hydrogen (secondary N) is 2. The normalized spacial score (nSPS) is 11.6. The number of unbranched alkanes of at least 4 members (excludes halogenated alkanes) is 2. The highest BCUT2D eigenvalue weighted by atomic mass is 16.5. The Hall–Kier alpha value is -4.71. The fourth-order valence-electron chi connectivity index (χ4n) is 5.23. The van der Waals surface area contributed by atoms with Crippen molar-refractivity contribution in [1.82, 2.24) is 10.8 Å². The van der Waals surface area contributed by atoms with Gasteiger partial charge in [0.25, 0.3) is 5.91 Å². The Balaban J connectivity index is 1.15. The molecule has 0 aromatic heterocycles. The number of para-hydroxylation sites is 1. The molecule has 0 saturated carbocycles. The van der Waals surface area contributed by atoms with E-state index in [4.69, 9.17) is 4.74 Å². The second kappa shape index (κ2) is 15.7. The molecule has 5 aromatic carbocycles. The number of aryl methyl sites for hydroxylation is 1. The number of rotatable bonds is 14. The van der Waals surface area contributed by atoms with Crippen molar-refractivity contribution in [3.63, 3.8) is 0 Å². The van der Waals surface area contributed by atoms with E-state index in [9.17, 15) is 10.0 Å². The quantitative estimate of drug-likeness (QED) is 0.0899. The lowest BCUT2D eigenvalue weighted by atomic mass is 9.97. The molecule has 0 radical (unpaired) electrons. The molecule has 44 heavy (non-hydrogen) atoms. The van der Waals surface area contributed by atoms with Crippen LogP contribution in [0.3, 0.4) is 0 Å². The van der Waals surface area contributed by atoms with Gasteiger partial charge in [0.2, 0.25) is 0 Å². The first kappa shape index (κ1) is 30.7. The zero-order valence-corrected chi connectivity index (χ0v) is 25.2. The lowest BCUT2D eigenvalue weighted by Crippen LogP contribution is -2.22. The third-order valence-corrected chi connectivity index (χ3v) is 7.81. The Morgan fingerprint density at radius 2 is 1.34 bits per heavy atom. The topological polar surface area (TPSA) is 70.6 Å². The maximum atomic E-state index is 12.8. The highest BCUT2D eigenvalue weighted by molar-refractivity contribution is 5.94.